The number of hydrogen-bond donors (Lipinski definition) is 1. The molecule has 3 nitrogen and oxygen atoms in total. The summed E-state index contributed by atoms with van der Waals surface area (Å²) in [5.41, 5.74) is 0. The van der Waals surface area contributed by atoms with Gasteiger partial charge >= 0.3 is 0 Å². The summed E-state index contributed by atoms with van der Waals surface area (Å²) < 4.78 is 0. The van der Waals surface area contributed by atoms with Crippen molar-refractivity contribution in [2.24, 2.45) is 5.92 Å². The average molecular weight is 224 g/mol. The molecule has 92 valence electrons. The van der Waals surface area contributed by atoms with Crippen LogP contribution >= 0.6 is 0 Å². The lowest BCUT2D eigenvalue weighted by Crippen LogP contribution is -2.39. The highest BCUT2D eigenvalue weighted by Crippen LogP contribution is 2.26. The molecule has 2 rings (SSSR count). The Labute approximate surface area is 98.6 Å². The van der Waals surface area contributed by atoms with Gasteiger partial charge in [-0.3, -0.25) is 4.79 Å². The van der Waals surface area contributed by atoms with Crippen LogP contribution in [0.4, 0.5) is 0 Å². The first-order valence-electron chi connectivity index (χ1n) is 6.83. The normalized spacial score (nSPS) is 26.9. The van der Waals surface area contributed by atoms with Gasteiger partial charge in [0.15, 0.2) is 0 Å². The van der Waals surface area contributed by atoms with Crippen molar-refractivity contribution in [2.45, 2.75) is 51.5 Å². The van der Waals surface area contributed by atoms with Crippen LogP contribution in [-0.2, 0) is 4.79 Å². The van der Waals surface area contributed by atoms with Crippen LogP contribution in [-0.4, -0.2) is 36.5 Å². The topological polar surface area (TPSA) is 32.3 Å². The number of carbonyl (C=O) groups is 1. The average Bonchev–Trinajstić information content (AvgIpc) is 2.89. The van der Waals surface area contributed by atoms with E-state index in [0.29, 0.717) is 5.91 Å². The van der Waals surface area contributed by atoms with E-state index in [2.05, 4.69) is 17.1 Å². The van der Waals surface area contributed by atoms with Crippen molar-refractivity contribution in [3.63, 3.8) is 0 Å². The fourth-order valence-electron chi connectivity index (χ4n) is 2.93. The Morgan fingerprint density at radius 1 is 1.31 bits per heavy atom. The molecule has 0 spiro atoms. The Morgan fingerprint density at radius 3 is 2.75 bits per heavy atom. The van der Waals surface area contributed by atoms with Gasteiger partial charge in [-0.25, -0.2) is 0 Å². The second-order valence-corrected chi connectivity index (χ2v) is 5.23. The maximum absolute atomic E-state index is 12.1. The number of rotatable bonds is 5. The molecule has 1 saturated heterocycles. The predicted molar refractivity (Wildman–Crippen MR) is 65.2 cm³/mol. The van der Waals surface area contributed by atoms with Crippen molar-refractivity contribution in [1.29, 1.82) is 0 Å². The number of carbonyl (C=O) groups excluding carboxylic acids is 1. The maximum atomic E-state index is 12.1. The number of likely N-dealkylation sites (tertiary alicyclic amines) is 1. The van der Waals surface area contributed by atoms with E-state index in [0.717, 1.165) is 38.4 Å². The lowest BCUT2D eigenvalue weighted by Gasteiger charge is -2.20. The molecule has 3 heteroatoms. The van der Waals surface area contributed by atoms with Gasteiger partial charge in [0, 0.05) is 13.1 Å². The summed E-state index contributed by atoms with van der Waals surface area (Å²) in [4.78, 5) is 14.1. The molecule has 1 saturated carbocycles. The molecule has 1 unspecified atom stereocenters. The SMILES string of the molecule is CCCNC1CCN(CC2CCCC2)C1=O. The molecule has 1 aliphatic carbocycles. The summed E-state index contributed by atoms with van der Waals surface area (Å²) in [6.07, 6.45) is 7.50. The van der Waals surface area contributed by atoms with E-state index in [1.54, 1.807) is 0 Å². The lowest BCUT2D eigenvalue weighted by atomic mass is 10.1. The van der Waals surface area contributed by atoms with Gasteiger partial charge in [-0.2, -0.15) is 0 Å². The van der Waals surface area contributed by atoms with Crippen LogP contribution in [0.5, 0.6) is 0 Å². The molecule has 2 aliphatic rings. The van der Waals surface area contributed by atoms with Gasteiger partial charge in [0.25, 0.3) is 0 Å². The van der Waals surface area contributed by atoms with Crippen LogP contribution < -0.4 is 5.32 Å². The molecule has 1 amide bonds. The molecule has 0 aromatic carbocycles. The number of amides is 1. The maximum Gasteiger partial charge on any atom is 0.239 e. The van der Waals surface area contributed by atoms with Gasteiger partial charge in [0.05, 0.1) is 6.04 Å². The standard InChI is InChI=1S/C13H24N2O/c1-2-8-14-12-7-9-15(13(12)16)10-11-5-3-4-6-11/h11-12,14H,2-10H2,1H3. The zero-order valence-electron chi connectivity index (χ0n) is 10.4. The van der Waals surface area contributed by atoms with Gasteiger partial charge < -0.3 is 10.2 Å². The van der Waals surface area contributed by atoms with Crippen molar-refractivity contribution in [2.75, 3.05) is 19.6 Å². The van der Waals surface area contributed by atoms with Crippen LogP contribution in [0, 0.1) is 5.92 Å². The van der Waals surface area contributed by atoms with Crippen molar-refractivity contribution >= 4 is 5.91 Å². The van der Waals surface area contributed by atoms with E-state index in [4.69, 9.17) is 0 Å². The van der Waals surface area contributed by atoms with Crippen molar-refractivity contribution in [1.82, 2.24) is 10.2 Å². The van der Waals surface area contributed by atoms with Crippen LogP contribution in [0.15, 0.2) is 0 Å². The zero-order valence-corrected chi connectivity index (χ0v) is 10.4. The highest BCUT2D eigenvalue weighted by molar-refractivity contribution is 5.83. The Morgan fingerprint density at radius 2 is 2.06 bits per heavy atom. The van der Waals surface area contributed by atoms with E-state index in [-0.39, 0.29) is 6.04 Å². The molecule has 0 aromatic heterocycles. The third-order valence-corrected chi connectivity index (χ3v) is 3.89. The predicted octanol–water partition coefficient (Wildman–Crippen LogP) is 1.78. The number of nitrogens with zero attached hydrogens (tertiary/aromatic N) is 1. The Hall–Kier alpha value is -0.570. The summed E-state index contributed by atoms with van der Waals surface area (Å²) in [7, 11) is 0. The van der Waals surface area contributed by atoms with Crippen molar-refractivity contribution in [3.8, 4) is 0 Å². The Bertz CT molecular complexity index is 236. The molecule has 1 heterocycles. The van der Waals surface area contributed by atoms with Crippen LogP contribution in [0.25, 0.3) is 0 Å². The fraction of sp³-hybridized carbons (Fsp3) is 0.923. The summed E-state index contributed by atoms with van der Waals surface area (Å²) in [6.45, 7) is 5.09. The van der Waals surface area contributed by atoms with E-state index in [1.807, 2.05) is 0 Å². The highest BCUT2D eigenvalue weighted by Gasteiger charge is 2.32. The quantitative estimate of drug-likeness (QED) is 0.772. The molecular weight excluding hydrogens is 200 g/mol. The molecule has 1 atom stereocenters. The van der Waals surface area contributed by atoms with Crippen LogP contribution in [0.1, 0.15) is 45.4 Å². The van der Waals surface area contributed by atoms with E-state index < -0.39 is 0 Å². The molecule has 1 N–H and O–H groups in total. The molecule has 0 radical (unpaired) electrons. The van der Waals surface area contributed by atoms with E-state index >= 15 is 0 Å². The van der Waals surface area contributed by atoms with Crippen molar-refractivity contribution in [3.05, 3.63) is 0 Å². The third kappa shape index (κ3) is 2.76. The molecular formula is C13H24N2O. The summed E-state index contributed by atoms with van der Waals surface area (Å²) in [5, 5.41) is 3.34. The lowest BCUT2D eigenvalue weighted by molar-refractivity contribution is -0.129. The largest absolute Gasteiger partial charge is 0.341 e. The highest BCUT2D eigenvalue weighted by atomic mass is 16.2. The Kier molecular flexibility index (Phi) is 4.22. The fourth-order valence-corrected chi connectivity index (χ4v) is 2.93. The first-order valence-corrected chi connectivity index (χ1v) is 6.83. The minimum Gasteiger partial charge on any atom is -0.341 e. The minimum absolute atomic E-state index is 0.112. The third-order valence-electron chi connectivity index (χ3n) is 3.89. The second-order valence-electron chi connectivity index (χ2n) is 5.23. The summed E-state index contributed by atoms with van der Waals surface area (Å²) in [5.74, 6) is 1.13. The van der Waals surface area contributed by atoms with Crippen molar-refractivity contribution < 1.29 is 4.79 Å². The number of nitrogens with one attached hydrogen (secondary N) is 1. The van der Waals surface area contributed by atoms with Crippen LogP contribution in [0.3, 0.4) is 0 Å². The molecule has 1 aliphatic heterocycles. The summed E-state index contributed by atoms with van der Waals surface area (Å²) >= 11 is 0. The van der Waals surface area contributed by atoms with Gasteiger partial charge in [0.1, 0.15) is 0 Å². The van der Waals surface area contributed by atoms with Gasteiger partial charge in [-0.15, -0.1) is 0 Å². The molecule has 16 heavy (non-hydrogen) atoms. The van der Waals surface area contributed by atoms with Gasteiger partial charge in [0.2, 0.25) is 5.91 Å². The molecule has 2 fully saturated rings. The monoisotopic (exact) mass is 224 g/mol. The molecule has 0 aromatic rings. The molecule has 0 bridgehead atoms. The van der Waals surface area contributed by atoms with E-state index in [1.165, 1.54) is 25.7 Å². The first kappa shape index (κ1) is 11.9. The van der Waals surface area contributed by atoms with Crippen LogP contribution in [0.2, 0.25) is 0 Å². The Balaban J connectivity index is 1.77. The smallest absolute Gasteiger partial charge is 0.239 e. The van der Waals surface area contributed by atoms with Gasteiger partial charge in [-0.05, 0) is 38.1 Å². The van der Waals surface area contributed by atoms with E-state index in [9.17, 15) is 4.79 Å². The first-order chi connectivity index (χ1) is 7.81. The summed E-state index contributed by atoms with van der Waals surface area (Å²) in [6, 6.07) is 0.112. The minimum atomic E-state index is 0.112. The second kappa shape index (κ2) is 5.67. The number of hydrogen-bond acceptors (Lipinski definition) is 2. The van der Waals surface area contributed by atoms with Gasteiger partial charge in [-0.1, -0.05) is 19.8 Å². The zero-order chi connectivity index (χ0) is 11.4.